The molecule has 0 radical (unpaired) electrons. The van der Waals surface area contributed by atoms with Gasteiger partial charge in [-0.2, -0.15) is 0 Å². The molecule has 2 aliphatic rings. The fourth-order valence-corrected chi connectivity index (χ4v) is 3.11. The summed E-state index contributed by atoms with van der Waals surface area (Å²) in [7, 11) is 0. The minimum Gasteiger partial charge on any atom is -0.328 e. The van der Waals surface area contributed by atoms with E-state index in [-0.39, 0.29) is 0 Å². The summed E-state index contributed by atoms with van der Waals surface area (Å²) in [5, 5.41) is 3.71. The molecule has 0 spiro atoms. The Balaban J connectivity index is 1.53. The first-order chi connectivity index (χ1) is 7.34. The van der Waals surface area contributed by atoms with Crippen LogP contribution < -0.4 is 11.1 Å². The van der Waals surface area contributed by atoms with E-state index in [2.05, 4.69) is 5.32 Å². The van der Waals surface area contributed by atoms with Crippen LogP contribution >= 0.6 is 0 Å². The van der Waals surface area contributed by atoms with Gasteiger partial charge in [-0.3, -0.25) is 0 Å². The maximum atomic E-state index is 5.90. The van der Waals surface area contributed by atoms with Crippen LogP contribution in [0.4, 0.5) is 0 Å². The Hall–Kier alpha value is -0.0800. The predicted octanol–water partition coefficient (Wildman–Crippen LogP) is 2.43. The van der Waals surface area contributed by atoms with Crippen LogP contribution in [0.5, 0.6) is 0 Å². The summed E-state index contributed by atoms with van der Waals surface area (Å²) in [6.07, 6.45) is 12.4. The molecule has 0 bridgehead atoms. The number of nitrogens with one attached hydrogen (secondary N) is 1. The molecule has 2 heteroatoms. The second kappa shape index (κ2) is 5.86. The average molecular weight is 210 g/mol. The molecule has 2 aliphatic carbocycles. The van der Waals surface area contributed by atoms with Crippen molar-refractivity contribution >= 4 is 0 Å². The number of hydrogen-bond acceptors (Lipinski definition) is 2. The molecular formula is C13H26N2. The highest BCUT2D eigenvalue weighted by atomic mass is 14.9. The number of nitrogens with two attached hydrogens (primary N) is 1. The van der Waals surface area contributed by atoms with E-state index in [1.165, 1.54) is 64.3 Å². The lowest BCUT2D eigenvalue weighted by Crippen LogP contribution is -2.38. The van der Waals surface area contributed by atoms with Gasteiger partial charge in [0.25, 0.3) is 0 Å². The van der Waals surface area contributed by atoms with E-state index >= 15 is 0 Å². The third-order valence-corrected chi connectivity index (χ3v) is 4.23. The van der Waals surface area contributed by atoms with Crippen molar-refractivity contribution in [2.24, 2.45) is 11.7 Å². The molecule has 2 nitrogen and oxygen atoms in total. The largest absolute Gasteiger partial charge is 0.328 e. The van der Waals surface area contributed by atoms with Crippen LogP contribution in [0.25, 0.3) is 0 Å². The lowest BCUT2D eigenvalue weighted by atomic mass is 9.91. The van der Waals surface area contributed by atoms with E-state index in [1.54, 1.807) is 0 Å². The molecule has 0 amide bonds. The van der Waals surface area contributed by atoms with Gasteiger partial charge in [-0.25, -0.2) is 0 Å². The Kier molecular flexibility index (Phi) is 4.45. The first-order valence-electron chi connectivity index (χ1n) is 6.83. The highest BCUT2D eigenvalue weighted by molar-refractivity contribution is 4.79. The van der Waals surface area contributed by atoms with Crippen molar-refractivity contribution in [3.8, 4) is 0 Å². The fraction of sp³-hybridized carbons (Fsp3) is 1.00. The second-order valence-electron chi connectivity index (χ2n) is 5.50. The van der Waals surface area contributed by atoms with E-state index < -0.39 is 0 Å². The smallest absolute Gasteiger partial charge is 0.00682 e. The summed E-state index contributed by atoms with van der Waals surface area (Å²) in [4.78, 5) is 0. The van der Waals surface area contributed by atoms with Gasteiger partial charge >= 0.3 is 0 Å². The van der Waals surface area contributed by atoms with Gasteiger partial charge in [0.1, 0.15) is 0 Å². The molecule has 15 heavy (non-hydrogen) atoms. The lowest BCUT2D eigenvalue weighted by Gasteiger charge is -2.27. The SMILES string of the molecule is NC1CCC(NCCC2CCCC2)CC1. The molecule has 2 saturated carbocycles. The molecule has 0 atom stereocenters. The van der Waals surface area contributed by atoms with E-state index in [9.17, 15) is 0 Å². The predicted molar refractivity (Wildman–Crippen MR) is 64.8 cm³/mol. The van der Waals surface area contributed by atoms with Gasteiger partial charge < -0.3 is 11.1 Å². The minimum atomic E-state index is 0.484. The summed E-state index contributed by atoms with van der Waals surface area (Å²) < 4.78 is 0. The molecule has 0 aliphatic heterocycles. The van der Waals surface area contributed by atoms with Gasteiger partial charge in [-0.1, -0.05) is 25.7 Å². The quantitative estimate of drug-likeness (QED) is 0.748. The molecule has 2 rings (SSSR count). The minimum absolute atomic E-state index is 0.484. The summed E-state index contributed by atoms with van der Waals surface area (Å²) >= 11 is 0. The second-order valence-corrected chi connectivity index (χ2v) is 5.50. The Labute approximate surface area is 94.0 Å². The summed E-state index contributed by atoms with van der Waals surface area (Å²) in [5.41, 5.74) is 5.90. The van der Waals surface area contributed by atoms with Crippen LogP contribution in [0.2, 0.25) is 0 Å². The zero-order valence-electron chi connectivity index (χ0n) is 9.88. The molecule has 2 fully saturated rings. The van der Waals surface area contributed by atoms with Gasteiger partial charge in [-0.05, 0) is 44.6 Å². The third kappa shape index (κ3) is 3.76. The Morgan fingerprint density at radius 2 is 1.60 bits per heavy atom. The van der Waals surface area contributed by atoms with Crippen LogP contribution in [-0.4, -0.2) is 18.6 Å². The van der Waals surface area contributed by atoms with Crippen molar-refractivity contribution in [3.63, 3.8) is 0 Å². The van der Waals surface area contributed by atoms with Crippen molar-refractivity contribution < 1.29 is 0 Å². The van der Waals surface area contributed by atoms with E-state index in [4.69, 9.17) is 5.73 Å². The summed E-state index contributed by atoms with van der Waals surface area (Å²) in [6, 6.07) is 1.25. The van der Waals surface area contributed by atoms with E-state index in [0.717, 1.165) is 12.0 Å². The van der Waals surface area contributed by atoms with Gasteiger partial charge in [0.15, 0.2) is 0 Å². The Morgan fingerprint density at radius 1 is 0.933 bits per heavy atom. The third-order valence-electron chi connectivity index (χ3n) is 4.23. The van der Waals surface area contributed by atoms with Crippen LogP contribution in [0, 0.1) is 5.92 Å². The topological polar surface area (TPSA) is 38.0 Å². The fourth-order valence-electron chi connectivity index (χ4n) is 3.11. The van der Waals surface area contributed by atoms with Crippen LogP contribution in [0.15, 0.2) is 0 Å². The molecule has 0 aromatic rings. The standard InChI is InChI=1S/C13H26N2/c14-12-5-7-13(8-6-12)15-10-9-11-3-1-2-4-11/h11-13,15H,1-10,14H2. The molecule has 3 N–H and O–H groups in total. The number of hydrogen-bond donors (Lipinski definition) is 2. The molecular weight excluding hydrogens is 184 g/mol. The van der Waals surface area contributed by atoms with Gasteiger partial charge in [0, 0.05) is 12.1 Å². The lowest BCUT2D eigenvalue weighted by molar-refractivity contribution is 0.332. The first kappa shape index (κ1) is 11.4. The van der Waals surface area contributed by atoms with E-state index in [0.29, 0.717) is 6.04 Å². The number of rotatable bonds is 4. The summed E-state index contributed by atoms with van der Waals surface area (Å²) in [6.45, 7) is 1.24. The van der Waals surface area contributed by atoms with Crippen LogP contribution in [0.1, 0.15) is 57.8 Å². The maximum absolute atomic E-state index is 5.90. The molecule has 0 heterocycles. The molecule has 0 aromatic heterocycles. The Bertz CT molecular complexity index is 167. The molecule has 0 unspecified atom stereocenters. The van der Waals surface area contributed by atoms with Gasteiger partial charge in [-0.15, -0.1) is 0 Å². The summed E-state index contributed by atoms with van der Waals surface area (Å²) in [5.74, 6) is 1.03. The zero-order chi connectivity index (χ0) is 10.5. The van der Waals surface area contributed by atoms with Crippen molar-refractivity contribution in [1.82, 2.24) is 5.32 Å². The Morgan fingerprint density at radius 3 is 2.27 bits per heavy atom. The molecule has 0 saturated heterocycles. The normalized spacial score (nSPS) is 33.4. The maximum Gasteiger partial charge on any atom is 0.00682 e. The van der Waals surface area contributed by atoms with Crippen molar-refractivity contribution in [3.05, 3.63) is 0 Å². The average Bonchev–Trinajstić information content (AvgIpc) is 2.74. The van der Waals surface area contributed by atoms with Crippen molar-refractivity contribution in [1.29, 1.82) is 0 Å². The zero-order valence-corrected chi connectivity index (χ0v) is 9.88. The van der Waals surface area contributed by atoms with Gasteiger partial charge in [0.05, 0.1) is 0 Å². The molecule has 88 valence electrons. The van der Waals surface area contributed by atoms with Crippen LogP contribution in [-0.2, 0) is 0 Å². The molecule has 0 aromatic carbocycles. The van der Waals surface area contributed by atoms with Crippen molar-refractivity contribution in [2.75, 3.05) is 6.54 Å². The first-order valence-corrected chi connectivity index (χ1v) is 6.83. The highest BCUT2D eigenvalue weighted by Crippen LogP contribution is 2.27. The van der Waals surface area contributed by atoms with E-state index in [1.807, 2.05) is 0 Å². The van der Waals surface area contributed by atoms with Gasteiger partial charge in [0.2, 0.25) is 0 Å². The highest BCUT2D eigenvalue weighted by Gasteiger charge is 2.19. The van der Waals surface area contributed by atoms with Crippen LogP contribution in [0.3, 0.4) is 0 Å². The van der Waals surface area contributed by atoms with Crippen molar-refractivity contribution in [2.45, 2.75) is 69.9 Å². The monoisotopic (exact) mass is 210 g/mol.